The molecule has 0 radical (unpaired) electrons. The molecule has 8 heteroatoms. The van der Waals surface area contributed by atoms with Gasteiger partial charge in [0, 0.05) is 37.8 Å². The molecule has 162 valence electrons. The number of thiophene rings is 1. The summed E-state index contributed by atoms with van der Waals surface area (Å²) in [6, 6.07) is 11.9. The minimum Gasteiger partial charge on any atom is -0.342 e. The molecule has 3 aromatic rings. The summed E-state index contributed by atoms with van der Waals surface area (Å²) in [5.74, 6) is 0.435. The Hall–Kier alpha value is -2.45. The van der Waals surface area contributed by atoms with Crippen LogP contribution in [-0.4, -0.2) is 52.8 Å². The Labute approximate surface area is 189 Å². The Morgan fingerprint density at radius 2 is 1.68 bits per heavy atom. The van der Waals surface area contributed by atoms with Gasteiger partial charge in [-0.05, 0) is 50.3 Å². The van der Waals surface area contributed by atoms with E-state index in [4.69, 9.17) is 0 Å². The van der Waals surface area contributed by atoms with Crippen LogP contribution in [0.5, 0.6) is 0 Å². The highest BCUT2D eigenvalue weighted by Crippen LogP contribution is 2.35. The third kappa shape index (κ3) is 4.45. The fourth-order valence-corrected chi connectivity index (χ4v) is 6.50. The highest BCUT2D eigenvalue weighted by molar-refractivity contribution is 7.29. The molecule has 0 atom stereocenters. The molecule has 4 heterocycles. The van der Waals surface area contributed by atoms with Gasteiger partial charge in [0.1, 0.15) is 4.83 Å². The zero-order chi connectivity index (χ0) is 21.2. The van der Waals surface area contributed by atoms with E-state index in [1.54, 1.807) is 11.3 Å². The van der Waals surface area contributed by atoms with E-state index < -0.39 is 0 Å². The maximum absolute atomic E-state index is 13.0. The van der Waals surface area contributed by atoms with Crippen LogP contribution in [0.3, 0.4) is 0 Å². The van der Waals surface area contributed by atoms with Gasteiger partial charge in [-0.25, -0.2) is 4.98 Å². The lowest BCUT2D eigenvalue weighted by Gasteiger charge is -2.35. The molecule has 2 aromatic heterocycles. The summed E-state index contributed by atoms with van der Waals surface area (Å²) in [5, 5.41) is 4.15. The minimum absolute atomic E-state index is 0.0663. The van der Waals surface area contributed by atoms with Crippen molar-refractivity contribution in [1.82, 2.24) is 14.8 Å². The van der Waals surface area contributed by atoms with Crippen molar-refractivity contribution in [2.24, 2.45) is 5.92 Å². The van der Waals surface area contributed by atoms with Gasteiger partial charge in [-0.15, -0.1) is 11.3 Å². The molecule has 2 aliphatic rings. The van der Waals surface area contributed by atoms with Gasteiger partial charge in [-0.3, -0.25) is 9.59 Å². The van der Waals surface area contributed by atoms with Crippen molar-refractivity contribution in [1.29, 1.82) is 0 Å². The lowest BCUT2D eigenvalue weighted by atomic mass is 9.94. The van der Waals surface area contributed by atoms with Crippen LogP contribution >= 0.6 is 22.7 Å². The van der Waals surface area contributed by atoms with Crippen LogP contribution in [-0.2, 0) is 4.79 Å². The number of hydrogen-bond acceptors (Lipinski definition) is 6. The van der Waals surface area contributed by atoms with Gasteiger partial charge in [0.25, 0.3) is 5.91 Å². The fourth-order valence-electron chi connectivity index (χ4n) is 4.40. The number of para-hydroxylation sites is 1. The van der Waals surface area contributed by atoms with E-state index in [1.165, 1.54) is 17.8 Å². The SMILES string of the molecule is O=C(c1cc2sc(Nc3ccccc3)nc2s1)N1CCC(C(=O)N2CCCCC2)CC1. The van der Waals surface area contributed by atoms with Crippen LogP contribution in [0.15, 0.2) is 36.4 Å². The minimum atomic E-state index is 0.0663. The number of aromatic nitrogens is 1. The van der Waals surface area contributed by atoms with E-state index in [1.807, 2.05) is 46.2 Å². The van der Waals surface area contributed by atoms with Crippen LogP contribution in [0.25, 0.3) is 9.53 Å². The Bertz CT molecular complexity index is 1030. The molecule has 0 saturated carbocycles. The second kappa shape index (κ2) is 8.96. The second-order valence-corrected chi connectivity index (χ2v) is 10.3. The Balaban J connectivity index is 1.19. The summed E-state index contributed by atoms with van der Waals surface area (Å²) < 4.78 is 1.03. The molecule has 0 bridgehead atoms. The molecular formula is C23H26N4O2S2. The molecule has 1 aromatic carbocycles. The number of hydrogen-bond donors (Lipinski definition) is 1. The quantitative estimate of drug-likeness (QED) is 0.605. The van der Waals surface area contributed by atoms with Crippen LogP contribution < -0.4 is 5.32 Å². The number of piperidine rings is 2. The van der Waals surface area contributed by atoms with Gasteiger partial charge < -0.3 is 15.1 Å². The molecule has 2 amide bonds. The number of likely N-dealkylation sites (tertiary alicyclic amines) is 2. The standard InChI is InChI=1S/C23H26N4O2S2/c28-21(26-11-5-2-6-12-26)16-9-13-27(14-10-16)22(29)19-15-18-20(30-19)25-23(31-18)24-17-7-3-1-4-8-17/h1,3-4,7-8,15-16H,2,5-6,9-14H2,(H,24,25). The number of thiazole rings is 1. The predicted molar refractivity (Wildman–Crippen MR) is 126 cm³/mol. The average molecular weight is 455 g/mol. The Morgan fingerprint density at radius 3 is 2.39 bits per heavy atom. The first kappa shape index (κ1) is 20.5. The van der Waals surface area contributed by atoms with E-state index in [0.717, 1.165) is 64.0 Å². The van der Waals surface area contributed by atoms with Crippen molar-refractivity contribution in [2.75, 3.05) is 31.5 Å². The van der Waals surface area contributed by atoms with Crippen molar-refractivity contribution < 1.29 is 9.59 Å². The van der Waals surface area contributed by atoms with E-state index in [2.05, 4.69) is 10.3 Å². The smallest absolute Gasteiger partial charge is 0.264 e. The lowest BCUT2D eigenvalue weighted by Crippen LogP contribution is -2.45. The van der Waals surface area contributed by atoms with Gasteiger partial charge in [0.05, 0.1) is 9.58 Å². The molecule has 5 rings (SSSR count). The number of nitrogens with zero attached hydrogens (tertiary/aromatic N) is 3. The zero-order valence-corrected chi connectivity index (χ0v) is 19.0. The number of benzene rings is 1. The topological polar surface area (TPSA) is 65.5 Å². The first-order valence-electron chi connectivity index (χ1n) is 11.0. The number of rotatable bonds is 4. The third-order valence-corrected chi connectivity index (χ3v) is 8.19. The van der Waals surface area contributed by atoms with Gasteiger partial charge in [0.15, 0.2) is 5.13 Å². The molecule has 2 saturated heterocycles. The van der Waals surface area contributed by atoms with E-state index in [0.29, 0.717) is 19.0 Å². The summed E-state index contributed by atoms with van der Waals surface area (Å²) in [6.45, 7) is 3.11. The number of nitrogens with one attached hydrogen (secondary N) is 1. The van der Waals surface area contributed by atoms with Crippen LogP contribution in [0.1, 0.15) is 41.8 Å². The summed E-state index contributed by atoms with van der Waals surface area (Å²) in [6.07, 6.45) is 5.01. The van der Waals surface area contributed by atoms with Crippen LogP contribution in [0.4, 0.5) is 10.8 Å². The third-order valence-electron chi connectivity index (χ3n) is 6.12. The summed E-state index contributed by atoms with van der Waals surface area (Å²) in [7, 11) is 0. The van der Waals surface area contributed by atoms with E-state index >= 15 is 0 Å². The van der Waals surface area contributed by atoms with Gasteiger partial charge in [-0.1, -0.05) is 29.5 Å². The largest absolute Gasteiger partial charge is 0.342 e. The highest BCUT2D eigenvalue weighted by Gasteiger charge is 2.31. The van der Waals surface area contributed by atoms with Gasteiger partial charge in [-0.2, -0.15) is 0 Å². The Kier molecular flexibility index (Phi) is 5.91. The normalized spacial score (nSPS) is 17.8. The molecule has 2 aliphatic heterocycles. The first-order valence-corrected chi connectivity index (χ1v) is 12.6. The Morgan fingerprint density at radius 1 is 0.935 bits per heavy atom. The molecule has 0 unspecified atom stereocenters. The maximum Gasteiger partial charge on any atom is 0.264 e. The summed E-state index contributed by atoms with van der Waals surface area (Å²) in [5.41, 5.74) is 1.00. The lowest BCUT2D eigenvalue weighted by molar-refractivity contribution is -0.137. The predicted octanol–water partition coefficient (Wildman–Crippen LogP) is 4.97. The summed E-state index contributed by atoms with van der Waals surface area (Å²) >= 11 is 3.02. The van der Waals surface area contributed by atoms with Crippen LogP contribution in [0, 0.1) is 5.92 Å². The number of carbonyl (C=O) groups is 2. The molecular weight excluding hydrogens is 428 g/mol. The van der Waals surface area contributed by atoms with E-state index in [-0.39, 0.29) is 11.8 Å². The van der Waals surface area contributed by atoms with Crippen molar-refractivity contribution >= 4 is 54.8 Å². The monoisotopic (exact) mass is 454 g/mol. The number of carbonyl (C=O) groups excluding carboxylic acids is 2. The molecule has 0 aliphatic carbocycles. The zero-order valence-electron chi connectivity index (χ0n) is 17.4. The highest BCUT2D eigenvalue weighted by atomic mass is 32.1. The molecule has 1 N–H and O–H groups in total. The van der Waals surface area contributed by atoms with Crippen molar-refractivity contribution in [3.05, 3.63) is 41.3 Å². The van der Waals surface area contributed by atoms with E-state index in [9.17, 15) is 9.59 Å². The van der Waals surface area contributed by atoms with Crippen molar-refractivity contribution in [3.8, 4) is 0 Å². The number of amides is 2. The van der Waals surface area contributed by atoms with Gasteiger partial charge in [0.2, 0.25) is 5.91 Å². The van der Waals surface area contributed by atoms with Crippen molar-refractivity contribution in [2.45, 2.75) is 32.1 Å². The van der Waals surface area contributed by atoms with Gasteiger partial charge >= 0.3 is 0 Å². The number of fused-ring (bicyclic) bond motifs is 1. The average Bonchev–Trinajstić information content (AvgIpc) is 3.38. The molecule has 2 fully saturated rings. The summed E-state index contributed by atoms with van der Waals surface area (Å²) in [4.78, 5) is 36.0. The van der Waals surface area contributed by atoms with Crippen LogP contribution in [0.2, 0.25) is 0 Å². The molecule has 6 nitrogen and oxygen atoms in total. The molecule has 0 spiro atoms. The number of anilines is 2. The first-order chi connectivity index (χ1) is 15.2. The van der Waals surface area contributed by atoms with Crippen molar-refractivity contribution in [3.63, 3.8) is 0 Å². The molecule has 31 heavy (non-hydrogen) atoms. The second-order valence-electron chi connectivity index (χ2n) is 8.24. The fraction of sp³-hybridized carbons (Fsp3) is 0.435. The maximum atomic E-state index is 13.0.